The first-order valence-corrected chi connectivity index (χ1v) is 4.45. The lowest BCUT2D eigenvalue weighted by Gasteiger charge is -2.30. The molecule has 1 unspecified atom stereocenters. The molecule has 2 N–H and O–H groups in total. The molecule has 0 aromatic rings. The molecular formula is C9H16N2O2. The number of hydrogen-bond donors (Lipinski definition) is 1. The summed E-state index contributed by atoms with van der Waals surface area (Å²) in [6.07, 6.45) is 5.13. The van der Waals surface area contributed by atoms with E-state index >= 15 is 0 Å². The van der Waals surface area contributed by atoms with E-state index < -0.39 is 0 Å². The highest BCUT2D eigenvalue weighted by Crippen LogP contribution is 2.08. The lowest BCUT2D eigenvalue weighted by molar-refractivity contribution is -0.142. The quantitative estimate of drug-likeness (QED) is 0.485. The van der Waals surface area contributed by atoms with Gasteiger partial charge in [-0.25, -0.2) is 0 Å². The first-order valence-electron chi connectivity index (χ1n) is 4.45. The highest BCUT2D eigenvalue weighted by molar-refractivity contribution is 5.71. The topological polar surface area (TPSA) is 55.6 Å². The smallest absolute Gasteiger partial charge is 0.319 e. The molecule has 13 heavy (non-hydrogen) atoms. The molecule has 0 aromatic heterocycles. The van der Waals surface area contributed by atoms with Gasteiger partial charge in [-0.2, -0.15) is 0 Å². The summed E-state index contributed by atoms with van der Waals surface area (Å²) in [4.78, 5) is 13.0. The van der Waals surface area contributed by atoms with Gasteiger partial charge in [-0.05, 0) is 6.42 Å². The molecule has 0 bridgehead atoms. The van der Waals surface area contributed by atoms with E-state index in [9.17, 15) is 4.79 Å². The van der Waals surface area contributed by atoms with E-state index in [0.29, 0.717) is 13.1 Å². The van der Waals surface area contributed by atoms with Crippen LogP contribution in [0, 0.1) is 0 Å². The van der Waals surface area contributed by atoms with Crippen LogP contribution in [-0.4, -0.2) is 43.7 Å². The van der Waals surface area contributed by atoms with Gasteiger partial charge in [0.15, 0.2) is 0 Å². The fraction of sp³-hybridized carbons (Fsp3) is 0.667. The van der Waals surface area contributed by atoms with Gasteiger partial charge in [0.1, 0.15) is 0 Å². The van der Waals surface area contributed by atoms with E-state index in [-0.39, 0.29) is 12.0 Å². The lowest BCUT2D eigenvalue weighted by Crippen LogP contribution is -2.44. The molecule has 1 aliphatic rings. The van der Waals surface area contributed by atoms with E-state index in [0.717, 1.165) is 13.0 Å². The maximum absolute atomic E-state index is 11.0. The zero-order chi connectivity index (χ0) is 9.68. The summed E-state index contributed by atoms with van der Waals surface area (Å²) in [6.45, 7) is 1.77. The highest BCUT2D eigenvalue weighted by atomic mass is 16.5. The summed E-state index contributed by atoms with van der Waals surface area (Å²) in [7, 11) is 1.40. The second kappa shape index (κ2) is 4.99. The van der Waals surface area contributed by atoms with Crippen molar-refractivity contribution in [1.82, 2.24) is 4.90 Å². The van der Waals surface area contributed by atoms with Crippen molar-refractivity contribution in [3.63, 3.8) is 0 Å². The van der Waals surface area contributed by atoms with Crippen LogP contribution in [0.1, 0.15) is 6.42 Å². The maximum atomic E-state index is 11.0. The Bertz CT molecular complexity index is 204. The number of nitrogens with zero attached hydrogens (tertiary/aromatic N) is 1. The van der Waals surface area contributed by atoms with Gasteiger partial charge in [-0.15, -0.1) is 0 Å². The summed E-state index contributed by atoms with van der Waals surface area (Å²) in [6, 6.07) is 0.188. The largest absolute Gasteiger partial charge is 0.468 e. The number of ether oxygens (including phenoxy) is 1. The average molecular weight is 184 g/mol. The molecule has 0 saturated heterocycles. The Kier molecular flexibility index (Phi) is 3.92. The summed E-state index contributed by atoms with van der Waals surface area (Å²) in [5.74, 6) is -0.200. The van der Waals surface area contributed by atoms with Gasteiger partial charge in [0.05, 0.1) is 13.7 Å². The first kappa shape index (κ1) is 10.2. The number of methoxy groups -OCH3 is 1. The summed E-state index contributed by atoms with van der Waals surface area (Å²) in [5, 5.41) is 0. The minimum Gasteiger partial charge on any atom is -0.468 e. The standard InChI is InChI=1S/C9H16N2O2/c1-13-9(12)7-11-5-3-2-4-8(11)6-10/h2,4,8H,3,5-7,10H2,1H3. The number of esters is 1. The van der Waals surface area contributed by atoms with Crippen LogP contribution < -0.4 is 5.73 Å². The van der Waals surface area contributed by atoms with Crippen LogP contribution in [0.3, 0.4) is 0 Å². The van der Waals surface area contributed by atoms with E-state index in [2.05, 4.69) is 10.8 Å². The van der Waals surface area contributed by atoms with Crippen LogP contribution in [0.5, 0.6) is 0 Å². The normalized spacial score (nSPS) is 23.1. The van der Waals surface area contributed by atoms with Gasteiger partial charge in [0, 0.05) is 19.1 Å². The van der Waals surface area contributed by atoms with Crippen molar-refractivity contribution in [2.75, 3.05) is 26.7 Å². The fourth-order valence-electron chi connectivity index (χ4n) is 1.44. The molecule has 1 aliphatic heterocycles. The van der Waals surface area contributed by atoms with Gasteiger partial charge in [0.25, 0.3) is 0 Å². The molecule has 4 nitrogen and oxygen atoms in total. The van der Waals surface area contributed by atoms with Gasteiger partial charge in [-0.1, -0.05) is 12.2 Å². The Balaban J connectivity index is 2.47. The minimum atomic E-state index is -0.200. The molecule has 0 amide bonds. The monoisotopic (exact) mass is 184 g/mol. The van der Waals surface area contributed by atoms with Crippen molar-refractivity contribution in [2.45, 2.75) is 12.5 Å². The van der Waals surface area contributed by atoms with Crippen molar-refractivity contribution in [3.8, 4) is 0 Å². The van der Waals surface area contributed by atoms with Crippen LogP contribution in [0.25, 0.3) is 0 Å². The predicted octanol–water partition coefficient (Wildman–Crippen LogP) is -0.251. The molecule has 74 valence electrons. The average Bonchev–Trinajstić information content (AvgIpc) is 2.18. The van der Waals surface area contributed by atoms with Crippen molar-refractivity contribution in [1.29, 1.82) is 0 Å². The number of nitrogens with two attached hydrogens (primary N) is 1. The van der Waals surface area contributed by atoms with E-state index in [1.807, 2.05) is 11.0 Å². The summed E-state index contributed by atoms with van der Waals surface area (Å²) >= 11 is 0. The maximum Gasteiger partial charge on any atom is 0.319 e. The van der Waals surface area contributed by atoms with E-state index in [1.165, 1.54) is 7.11 Å². The Morgan fingerprint density at radius 3 is 3.15 bits per heavy atom. The molecule has 1 heterocycles. The predicted molar refractivity (Wildman–Crippen MR) is 50.2 cm³/mol. The molecule has 0 fully saturated rings. The van der Waals surface area contributed by atoms with Crippen molar-refractivity contribution in [3.05, 3.63) is 12.2 Å². The summed E-state index contributed by atoms with van der Waals surface area (Å²) < 4.78 is 4.60. The van der Waals surface area contributed by atoms with Crippen LogP contribution in [0.15, 0.2) is 12.2 Å². The van der Waals surface area contributed by atoms with Crippen LogP contribution in [-0.2, 0) is 9.53 Å². The highest BCUT2D eigenvalue weighted by Gasteiger charge is 2.19. The molecule has 0 spiro atoms. The Hall–Kier alpha value is -0.870. The first-order chi connectivity index (χ1) is 6.27. The van der Waals surface area contributed by atoms with Crippen molar-refractivity contribution < 1.29 is 9.53 Å². The van der Waals surface area contributed by atoms with Crippen LogP contribution >= 0.6 is 0 Å². The van der Waals surface area contributed by atoms with Crippen molar-refractivity contribution >= 4 is 5.97 Å². The number of carbonyl (C=O) groups is 1. The Morgan fingerprint density at radius 1 is 1.77 bits per heavy atom. The van der Waals surface area contributed by atoms with Gasteiger partial charge < -0.3 is 10.5 Å². The van der Waals surface area contributed by atoms with E-state index in [4.69, 9.17) is 5.73 Å². The molecular weight excluding hydrogens is 168 g/mol. The Labute approximate surface area is 78.3 Å². The minimum absolute atomic E-state index is 0.188. The molecule has 0 aromatic carbocycles. The summed E-state index contributed by atoms with van der Waals surface area (Å²) in [5.41, 5.74) is 5.57. The zero-order valence-corrected chi connectivity index (χ0v) is 7.90. The van der Waals surface area contributed by atoms with Crippen LogP contribution in [0.4, 0.5) is 0 Å². The third kappa shape index (κ3) is 2.82. The molecule has 1 rings (SSSR count). The number of carbonyl (C=O) groups excluding carboxylic acids is 1. The van der Waals surface area contributed by atoms with Crippen LogP contribution in [0.2, 0.25) is 0 Å². The molecule has 0 saturated carbocycles. The third-order valence-corrected chi connectivity index (χ3v) is 2.21. The van der Waals surface area contributed by atoms with Gasteiger partial charge in [0.2, 0.25) is 0 Å². The molecule has 1 atom stereocenters. The Morgan fingerprint density at radius 2 is 2.54 bits per heavy atom. The fourth-order valence-corrected chi connectivity index (χ4v) is 1.44. The SMILES string of the molecule is COC(=O)CN1CCC=CC1CN. The van der Waals surface area contributed by atoms with Crippen molar-refractivity contribution in [2.24, 2.45) is 5.73 Å². The molecule has 4 heteroatoms. The number of rotatable bonds is 3. The lowest BCUT2D eigenvalue weighted by atomic mass is 10.1. The third-order valence-electron chi connectivity index (χ3n) is 2.21. The zero-order valence-electron chi connectivity index (χ0n) is 7.90. The van der Waals surface area contributed by atoms with Gasteiger partial charge in [-0.3, -0.25) is 9.69 Å². The van der Waals surface area contributed by atoms with Gasteiger partial charge >= 0.3 is 5.97 Å². The molecule has 0 aliphatic carbocycles. The number of hydrogen-bond acceptors (Lipinski definition) is 4. The molecule has 0 radical (unpaired) electrons. The second-order valence-corrected chi connectivity index (χ2v) is 3.07. The van der Waals surface area contributed by atoms with E-state index in [1.54, 1.807) is 0 Å². The second-order valence-electron chi connectivity index (χ2n) is 3.07.